The molecular weight excluding hydrogens is 248 g/mol. The van der Waals surface area contributed by atoms with Gasteiger partial charge in [-0.2, -0.15) is 5.10 Å². The number of aromatic nitrogens is 2. The van der Waals surface area contributed by atoms with Crippen LogP contribution in [0.5, 0.6) is 0 Å². The Bertz CT molecular complexity index is 565. The molecule has 1 unspecified atom stereocenters. The zero-order valence-electron chi connectivity index (χ0n) is 13.0. The largest absolute Gasteiger partial charge is 0.271 e. The summed E-state index contributed by atoms with van der Waals surface area (Å²) in [6.07, 6.45) is 1.89. The molecule has 1 heterocycles. The predicted molar refractivity (Wildman–Crippen MR) is 84.3 cm³/mol. The molecule has 0 spiro atoms. The molecule has 4 nitrogen and oxygen atoms in total. The van der Waals surface area contributed by atoms with Gasteiger partial charge in [0, 0.05) is 24.4 Å². The molecule has 0 bridgehead atoms. The van der Waals surface area contributed by atoms with Crippen molar-refractivity contribution in [3.8, 4) is 0 Å². The molecule has 1 aromatic carbocycles. The number of nitrogens with zero attached hydrogens (tertiary/aromatic N) is 2. The van der Waals surface area contributed by atoms with Crippen molar-refractivity contribution in [1.82, 2.24) is 15.2 Å². The minimum atomic E-state index is 0.249. The van der Waals surface area contributed by atoms with E-state index < -0.39 is 0 Å². The summed E-state index contributed by atoms with van der Waals surface area (Å²) in [7, 11) is 0. The minimum absolute atomic E-state index is 0.249. The zero-order valence-corrected chi connectivity index (χ0v) is 13.0. The Morgan fingerprint density at radius 1 is 1.30 bits per heavy atom. The van der Waals surface area contributed by atoms with Gasteiger partial charge in [-0.15, -0.1) is 0 Å². The van der Waals surface area contributed by atoms with Gasteiger partial charge >= 0.3 is 0 Å². The molecule has 2 aromatic rings. The average Bonchev–Trinajstić information content (AvgIpc) is 2.75. The second-order valence-corrected chi connectivity index (χ2v) is 6.61. The first kappa shape index (κ1) is 15.0. The van der Waals surface area contributed by atoms with E-state index in [0.29, 0.717) is 0 Å². The summed E-state index contributed by atoms with van der Waals surface area (Å²) in [5.41, 5.74) is 5.54. The van der Waals surface area contributed by atoms with Crippen LogP contribution in [0.15, 0.2) is 24.3 Å². The van der Waals surface area contributed by atoms with Crippen LogP contribution in [-0.2, 0) is 13.0 Å². The lowest BCUT2D eigenvalue weighted by atomic mass is 9.86. The third kappa shape index (κ3) is 3.38. The van der Waals surface area contributed by atoms with Crippen LogP contribution in [0.3, 0.4) is 0 Å². The number of rotatable bonds is 5. The predicted octanol–water partition coefficient (Wildman–Crippen LogP) is 2.87. The highest BCUT2D eigenvalue weighted by Crippen LogP contribution is 2.25. The molecule has 4 heteroatoms. The maximum absolute atomic E-state index is 5.73. The van der Waals surface area contributed by atoms with E-state index in [9.17, 15) is 0 Å². The van der Waals surface area contributed by atoms with Gasteiger partial charge < -0.3 is 0 Å². The Balaban J connectivity index is 2.28. The molecule has 3 N–H and O–H groups in total. The van der Waals surface area contributed by atoms with E-state index in [1.807, 2.05) is 0 Å². The van der Waals surface area contributed by atoms with Crippen molar-refractivity contribution < 1.29 is 0 Å². The van der Waals surface area contributed by atoms with E-state index >= 15 is 0 Å². The SMILES string of the molecule is CCn1nc(CC(CC(C)(C)C)NN)c2ccccc21. The fraction of sp³-hybridized carbons (Fsp3) is 0.562. The Morgan fingerprint density at radius 3 is 2.60 bits per heavy atom. The first-order valence-electron chi connectivity index (χ1n) is 7.35. The molecule has 0 saturated carbocycles. The normalized spacial score (nSPS) is 13.8. The fourth-order valence-electron chi connectivity index (χ4n) is 2.75. The van der Waals surface area contributed by atoms with Gasteiger partial charge in [-0.1, -0.05) is 39.0 Å². The van der Waals surface area contributed by atoms with E-state index in [0.717, 1.165) is 25.1 Å². The van der Waals surface area contributed by atoms with E-state index in [4.69, 9.17) is 10.9 Å². The summed E-state index contributed by atoms with van der Waals surface area (Å²) >= 11 is 0. The standard InChI is InChI=1S/C16H26N4/c1-5-20-15-9-7-6-8-13(15)14(19-20)10-12(18-17)11-16(2,3)4/h6-9,12,18H,5,10-11,17H2,1-4H3. The van der Waals surface area contributed by atoms with Crippen molar-refractivity contribution in [2.24, 2.45) is 11.3 Å². The average molecular weight is 274 g/mol. The van der Waals surface area contributed by atoms with Crippen LogP contribution in [0.25, 0.3) is 10.9 Å². The van der Waals surface area contributed by atoms with Gasteiger partial charge in [-0.25, -0.2) is 0 Å². The van der Waals surface area contributed by atoms with Crippen LogP contribution < -0.4 is 11.3 Å². The topological polar surface area (TPSA) is 55.9 Å². The molecular formula is C16H26N4. The molecule has 20 heavy (non-hydrogen) atoms. The maximum atomic E-state index is 5.73. The van der Waals surface area contributed by atoms with Gasteiger partial charge in [-0.05, 0) is 24.8 Å². The van der Waals surface area contributed by atoms with Crippen molar-refractivity contribution in [1.29, 1.82) is 0 Å². The quantitative estimate of drug-likeness (QED) is 0.651. The lowest BCUT2D eigenvalue weighted by Gasteiger charge is -2.25. The molecule has 0 aliphatic carbocycles. The number of nitrogens with one attached hydrogen (secondary N) is 1. The van der Waals surface area contributed by atoms with Gasteiger partial charge in [0.2, 0.25) is 0 Å². The molecule has 0 aliphatic heterocycles. The van der Waals surface area contributed by atoms with E-state index in [-0.39, 0.29) is 11.5 Å². The van der Waals surface area contributed by atoms with Crippen LogP contribution in [-0.4, -0.2) is 15.8 Å². The Labute approximate surface area is 121 Å². The number of para-hydroxylation sites is 1. The Hall–Kier alpha value is -1.39. The zero-order chi connectivity index (χ0) is 14.8. The second kappa shape index (κ2) is 5.94. The number of nitrogens with two attached hydrogens (primary N) is 1. The number of hydrogen-bond donors (Lipinski definition) is 2. The summed E-state index contributed by atoms with van der Waals surface area (Å²) in [4.78, 5) is 0. The van der Waals surface area contributed by atoms with Crippen molar-refractivity contribution in [2.45, 2.75) is 53.1 Å². The van der Waals surface area contributed by atoms with Gasteiger partial charge in [0.1, 0.15) is 0 Å². The molecule has 1 aromatic heterocycles. The number of fused-ring (bicyclic) bond motifs is 1. The molecule has 0 saturated heterocycles. The summed E-state index contributed by atoms with van der Waals surface area (Å²) in [5.74, 6) is 5.73. The Morgan fingerprint density at radius 2 is 2.00 bits per heavy atom. The van der Waals surface area contributed by atoms with Crippen molar-refractivity contribution >= 4 is 10.9 Å². The first-order chi connectivity index (χ1) is 9.44. The van der Waals surface area contributed by atoms with Gasteiger partial charge in [0.05, 0.1) is 11.2 Å². The monoisotopic (exact) mass is 274 g/mol. The smallest absolute Gasteiger partial charge is 0.0719 e. The number of benzene rings is 1. The summed E-state index contributed by atoms with van der Waals surface area (Å²) < 4.78 is 2.06. The molecule has 0 amide bonds. The van der Waals surface area contributed by atoms with E-state index in [1.54, 1.807) is 0 Å². The number of hydrazine groups is 1. The summed E-state index contributed by atoms with van der Waals surface area (Å²) in [5, 5.41) is 5.99. The minimum Gasteiger partial charge on any atom is -0.271 e. The Kier molecular flexibility index (Phi) is 4.45. The van der Waals surface area contributed by atoms with Crippen molar-refractivity contribution in [3.05, 3.63) is 30.0 Å². The second-order valence-electron chi connectivity index (χ2n) is 6.61. The summed E-state index contributed by atoms with van der Waals surface area (Å²) in [6, 6.07) is 8.66. The van der Waals surface area contributed by atoms with Crippen molar-refractivity contribution in [2.75, 3.05) is 0 Å². The lowest BCUT2D eigenvalue weighted by Crippen LogP contribution is -2.39. The van der Waals surface area contributed by atoms with E-state index in [1.165, 1.54) is 10.9 Å². The lowest BCUT2D eigenvalue weighted by molar-refractivity contribution is 0.307. The van der Waals surface area contributed by atoms with Crippen LogP contribution >= 0.6 is 0 Å². The van der Waals surface area contributed by atoms with Gasteiger partial charge in [-0.3, -0.25) is 16.0 Å². The first-order valence-corrected chi connectivity index (χ1v) is 7.35. The summed E-state index contributed by atoms with van der Waals surface area (Å²) in [6.45, 7) is 9.72. The molecule has 0 fully saturated rings. The third-order valence-electron chi connectivity index (χ3n) is 3.57. The highest BCUT2D eigenvalue weighted by molar-refractivity contribution is 5.82. The van der Waals surface area contributed by atoms with Crippen LogP contribution in [0, 0.1) is 5.41 Å². The van der Waals surface area contributed by atoms with Gasteiger partial charge in [0.25, 0.3) is 0 Å². The highest BCUT2D eigenvalue weighted by atomic mass is 15.3. The van der Waals surface area contributed by atoms with Crippen LogP contribution in [0.1, 0.15) is 39.8 Å². The maximum Gasteiger partial charge on any atom is 0.0719 e. The third-order valence-corrected chi connectivity index (χ3v) is 3.57. The highest BCUT2D eigenvalue weighted by Gasteiger charge is 2.20. The van der Waals surface area contributed by atoms with Crippen LogP contribution in [0.4, 0.5) is 0 Å². The van der Waals surface area contributed by atoms with E-state index in [2.05, 4.69) is 62.1 Å². The van der Waals surface area contributed by atoms with Crippen molar-refractivity contribution in [3.63, 3.8) is 0 Å². The molecule has 110 valence electrons. The number of hydrogen-bond acceptors (Lipinski definition) is 3. The fourth-order valence-corrected chi connectivity index (χ4v) is 2.75. The van der Waals surface area contributed by atoms with Crippen LogP contribution in [0.2, 0.25) is 0 Å². The number of aryl methyl sites for hydroxylation is 1. The molecule has 2 rings (SSSR count). The molecule has 1 atom stereocenters. The van der Waals surface area contributed by atoms with Gasteiger partial charge in [0.15, 0.2) is 0 Å². The molecule has 0 aliphatic rings. The molecule has 0 radical (unpaired) electrons.